The topological polar surface area (TPSA) is 138 Å². The lowest BCUT2D eigenvalue weighted by Gasteiger charge is -2.07. The number of H-pyrrole nitrogens is 2. The van der Waals surface area contributed by atoms with Crippen LogP contribution in [0.5, 0.6) is 5.75 Å². The second-order valence-electron chi connectivity index (χ2n) is 6.95. The third-order valence-electron chi connectivity index (χ3n) is 4.50. The zero-order valence-electron chi connectivity index (χ0n) is 17.9. The number of benzene rings is 1. The summed E-state index contributed by atoms with van der Waals surface area (Å²) in [6, 6.07) is 6.70. The molecule has 0 aliphatic carbocycles. The molecule has 3 heterocycles. The number of pyridine rings is 1. The van der Waals surface area contributed by atoms with Crippen LogP contribution in [-0.4, -0.2) is 36.7 Å². The van der Waals surface area contributed by atoms with Crippen LogP contribution in [0.15, 0.2) is 73.0 Å². The van der Waals surface area contributed by atoms with Gasteiger partial charge in [0.15, 0.2) is 0 Å². The number of aromatic amines is 2. The van der Waals surface area contributed by atoms with Gasteiger partial charge in [-0.2, -0.15) is 0 Å². The van der Waals surface area contributed by atoms with Gasteiger partial charge < -0.3 is 14.7 Å². The quantitative estimate of drug-likeness (QED) is 0.251. The molecule has 0 aliphatic rings. The molecule has 0 saturated heterocycles. The fourth-order valence-corrected chi connectivity index (χ4v) is 3.01. The number of amides is 2. The van der Waals surface area contributed by atoms with E-state index >= 15 is 0 Å². The fourth-order valence-electron chi connectivity index (χ4n) is 3.01. The highest BCUT2D eigenvalue weighted by molar-refractivity contribution is 6.11. The van der Waals surface area contributed by atoms with Crippen molar-refractivity contribution in [2.24, 2.45) is 0 Å². The van der Waals surface area contributed by atoms with Crippen LogP contribution in [0.1, 0.15) is 34.6 Å². The number of allylic oxidation sites excluding steroid dienone is 4. The monoisotopic (exact) mass is 443 g/mol. The van der Waals surface area contributed by atoms with Crippen LogP contribution in [0.4, 0.5) is 11.9 Å². The third kappa shape index (κ3) is 5.13. The molecule has 166 valence electrons. The molecular formula is C23H21N7O3. The molecule has 10 heteroatoms. The highest BCUT2D eigenvalue weighted by Gasteiger charge is 2.16. The van der Waals surface area contributed by atoms with Gasteiger partial charge in [-0.05, 0) is 38.1 Å². The average Bonchev–Trinajstić information content (AvgIpc) is 3.46. The van der Waals surface area contributed by atoms with E-state index in [9.17, 15) is 9.59 Å². The van der Waals surface area contributed by atoms with E-state index in [-0.39, 0.29) is 11.9 Å². The van der Waals surface area contributed by atoms with Crippen LogP contribution in [-0.2, 0) is 0 Å². The first-order valence-electron chi connectivity index (χ1n) is 10.1. The Balaban J connectivity index is 1.52. The van der Waals surface area contributed by atoms with Crippen molar-refractivity contribution in [2.45, 2.75) is 13.8 Å². The Morgan fingerprint density at radius 1 is 1.12 bits per heavy atom. The van der Waals surface area contributed by atoms with E-state index in [1.807, 2.05) is 19.1 Å². The van der Waals surface area contributed by atoms with Gasteiger partial charge in [0.2, 0.25) is 11.9 Å². The fraction of sp³-hybridized carbons (Fsp3) is 0.0870. The molecule has 4 rings (SSSR count). The predicted octanol–water partition coefficient (Wildman–Crippen LogP) is 4.04. The zero-order valence-corrected chi connectivity index (χ0v) is 17.9. The normalized spacial score (nSPS) is 11.6. The van der Waals surface area contributed by atoms with Crippen molar-refractivity contribution in [3.63, 3.8) is 0 Å². The molecule has 4 aromatic rings. The van der Waals surface area contributed by atoms with Gasteiger partial charge in [0.25, 0.3) is 11.8 Å². The molecule has 4 N–H and O–H groups in total. The number of anilines is 2. The number of rotatable bonds is 7. The number of hydrogen-bond acceptors (Lipinski definition) is 6. The van der Waals surface area contributed by atoms with E-state index in [4.69, 9.17) is 4.74 Å². The number of aromatic nitrogens is 5. The average molecular weight is 443 g/mol. The van der Waals surface area contributed by atoms with Crippen LogP contribution in [0.3, 0.4) is 0 Å². The van der Waals surface area contributed by atoms with Gasteiger partial charge in [-0.25, -0.2) is 9.97 Å². The van der Waals surface area contributed by atoms with Gasteiger partial charge in [0.05, 0.1) is 22.8 Å². The first-order valence-corrected chi connectivity index (χ1v) is 10.1. The molecule has 0 bridgehead atoms. The first-order chi connectivity index (χ1) is 16.0. The molecule has 10 nitrogen and oxygen atoms in total. The van der Waals surface area contributed by atoms with Gasteiger partial charge in [0.1, 0.15) is 17.0 Å². The van der Waals surface area contributed by atoms with Gasteiger partial charge in [0, 0.05) is 18.6 Å². The molecule has 33 heavy (non-hydrogen) atoms. The van der Waals surface area contributed by atoms with Gasteiger partial charge in [-0.1, -0.05) is 18.2 Å². The van der Waals surface area contributed by atoms with Crippen molar-refractivity contribution >= 4 is 34.7 Å². The highest BCUT2D eigenvalue weighted by atomic mass is 16.5. The molecule has 0 saturated carbocycles. The zero-order chi connectivity index (χ0) is 23.2. The first kappa shape index (κ1) is 21.5. The van der Waals surface area contributed by atoms with Crippen molar-refractivity contribution in [1.29, 1.82) is 0 Å². The smallest absolute Gasteiger partial charge is 0.260 e. The van der Waals surface area contributed by atoms with E-state index in [0.717, 1.165) is 0 Å². The molecule has 0 unspecified atom stereocenters. The van der Waals surface area contributed by atoms with Crippen molar-refractivity contribution in [3.05, 3.63) is 84.2 Å². The largest absolute Gasteiger partial charge is 0.460 e. The van der Waals surface area contributed by atoms with E-state index < -0.39 is 5.91 Å². The SMILES string of the molecule is C/C=C\C=C(/C)Oc1cncc(C(=O)Nc2nc3c(C(=O)Nc4ncc[nH]4)cccc3[nH]2)c1. The third-order valence-corrected chi connectivity index (χ3v) is 4.50. The van der Waals surface area contributed by atoms with Crippen LogP contribution in [0.25, 0.3) is 11.0 Å². The summed E-state index contributed by atoms with van der Waals surface area (Å²) >= 11 is 0. The molecular weight excluding hydrogens is 422 g/mol. The lowest BCUT2D eigenvalue weighted by Crippen LogP contribution is -2.14. The summed E-state index contributed by atoms with van der Waals surface area (Å²) in [7, 11) is 0. The van der Waals surface area contributed by atoms with Crippen LogP contribution in [0.2, 0.25) is 0 Å². The van der Waals surface area contributed by atoms with E-state index in [1.54, 1.807) is 43.5 Å². The van der Waals surface area contributed by atoms with Crippen molar-refractivity contribution in [2.75, 3.05) is 10.6 Å². The molecule has 1 aromatic carbocycles. The summed E-state index contributed by atoms with van der Waals surface area (Å²) in [4.78, 5) is 43.6. The van der Waals surface area contributed by atoms with Gasteiger partial charge in [-0.15, -0.1) is 0 Å². The highest BCUT2D eigenvalue weighted by Crippen LogP contribution is 2.21. The number of fused-ring (bicyclic) bond motifs is 1. The minimum atomic E-state index is -0.427. The number of carbonyl (C=O) groups excluding carboxylic acids is 2. The summed E-state index contributed by atoms with van der Waals surface area (Å²) in [6.45, 7) is 3.71. The number of nitrogens with zero attached hydrogens (tertiary/aromatic N) is 3. The predicted molar refractivity (Wildman–Crippen MR) is 124 cm³/mol. The number of ether oxygens (including phenoxy) is 1. The van der Waals surface area contributed by atoms with Crippen LogP contribution >= 0.6 is 0 Å². The Kier molecular flexibility index (Phi) is 6.26. The lowest BCUT2D eigenvalue weighted by atomic mass is 10.2. The standard InChI is InChI=1S/C23H21N7O3/c1-3-4-6-14(2)33-16-11-15(12-24-13-16)20(31)29-23-27-18-8-5-7-17(19(18)28-23)21(32)30-22-25-9-10-26-22/h3-13H,1-2H3,(H2,25,26,30,32)(H2,27,28,29,31)/b4-3-,14-6+. The number of hydrogen-bond donors (Lipinski definition) is 4. The summed E-state index contributed by atoms with van der Waals surface area (Å²) in [5.74, 6) is 0.807. The van der Waals surface area contributed by atoms with E-state index in [1.165, 1.54) is 18.6 Å². The number of para-hydroxylation sites is 1. The number of nitrogens with one attached hydrogen (secondary N) is 4. The number of carbonyl (C=O) groups is 2. The van der Waals surface area contributed by atoms with E-state index in [0.29, 0.717) is 39.6 Å². The number of imidazole rings is 2. The maximum Gasteiger partial charge on any atom is 0.260 e. The minimum absolute atomic E-state index is 0.198. The second-order valence-corrected chi connectivity index (χ2v) is 6.95. The molecule has 0 spiro atoms. The maximum atomic E-state index is 12.7. The van der Waals surface area contributed by atoms with E-state index in [2.05, 4.69) is 35.6 Å². The summed E-state index contributed by atoms with van der Waals surface area (Å²) in [5, 5.41) is 5.36. The van der Waals surface area contributed by atoms with Crippen molar-refractivity contribution in [3.8, 4) is 5.75 Å². The minimum Gasteiger partial charge on any atom is -0.460 e. The Morgan fingerprint density at radius 2 is 1.97 bits per heavy atom. The summed E-state index contributed by atoms with van der Waals surface area (Å²) in [5.41, 5.74) is 1.64. The van der Waals surface area contributed by atoms with Crippen LogP contribution in [0, 0.1) is 0 Å². The van der Waals surface area contributed by atoms with Crippen LogP contribution < -0.4 is 15.4 Å². The Labute approximate surface area is 188 Å². The molecule has 3 aromatic heterocycles. The van der Waals surface area contributed by atoms with Crippen molar-refractivity contribution in [1.82, 2.24) is 24.9 Å². The Bertz CT molecular complexity index is 1350. The Morgan fingerprint density at radius 3 is 2.76 bits per heavy atom. The van der Waals surface area contributed by atoms with Gasteiger partial charge >= 0.3 is 0 Å². The molecule has 0 aliphatic heterocycles. The second kappa shape index (κ2) is 9.60. The molecule has 0 radical (unpaired) electrons. The van der Waals surface area contributed by atoms with Crippen molar-refractivity contribution < 1.29 is 14.3 Å². The molecule has 0 atom stereocenters. The molecule has 2 amide bonds. The maximum absolute atomic E-state index is 12.7. The summed E-state index contributed by atoms with van der Waals surface area (Å²) < 4.78 is 5.68. The van der Waals surface area contributed by atoms with Gasteiger partial charge in [-0.3, -0.25) is 25.2 Å². The Hall–Kier alpha value is -4.73. The summed E-state index contributed by atoms with van der Waals surface area (Å²) in [6.07, 6.45) is 11.6. The molecule has 0 fully saturated rings. The lowest BCUT2D eigenvalue weighted by molar-refractivity contribution is 0.101.